The number of hydrogen-bond donors (Lipinski definition) is 4. The third kappa shape index (κ3) is 9.79. The standard InChI is InChI=1S/C44H53N9O7/c1-26(2)37(49-43(57)59-6)41(55)52-20-8-9-35(52)39-45-23-33(47-39)31-16-12-29(13-17-31)10-11-30-14-18-32(19-15-30)34-24-46-40(48-34)36-25-51(28(5)54)21-22-53(36)42(56)38(27(3)4)50-44(58)60-7/h12-19,23-24,26-27,35-38H,8-9,20-22,25H2,1-7H3,(H,45,47)(H,46,48)(H,49,57)(H,50,58). The minimum absolute atomic E-state index is 0.0953. The molecule has 2 aliphatic heterocycles. The molecule has 5 amide bonds. The number of H-pyrrole nitrogens is 2. The highest BCUT2D eigenvalue weighted by Gasteiger charge is 2.40. The third-order valence-electron chi connectivity index (χ3n) is 11.0. The first-order valence-electron chi connectivity index (χ1n) is 20.2. The zero-order valence-corrected chi connectivity index (χ0v) is 35.1. The monoisotopic (exact) mass is 819 g/mol. The second-order valence-corrected chi connectivity index (χ2v) is 15.7. The first kappa shape index (κ1) is 43.0. The molecule has 0 radical (unpaired) electrons. The van der Waals surface area contributed by atoms with Crippen LogP contribution in [0.2, 0.25) is 0 Å². The minimum atomic E-state index is -0.814. The summed E-state index contributed by atoms with van der Waals surface area (Å²) >= 11 is 0. The topological polar surface area (TPSA) is 195 Å². The summed E-state index contributed by atoms with van der Waals surface area (Å²) < 4.78 is 9.51. The quantitative estimate of drug-likeness (QED) is 0.159. The lowest BCUT2D eigenvalue weighted by Gasteiger charge is -2.42. The Balaban J connectivity index is 1.11. The molecule has 2 aliphatic rings. The van der Waals surface area contributed by atoms with Crippen molar-refractivity contribution in [3.8, 4) is 34.4 Å². The van der Waals surface area contributed by atoms with Crippen LogP contribution in [0.1, 0.15) is 82.3 Å². The fraction of sp³-hybridized carbons (Fsp3) is 0.432. The Labute approximate surface area is 349 Å². The number of imidazole rings is 2. The lowest BCUT2D eigenvalue weighted by Crippen LogP contribution is -2.58. The van der Waals surface area contributed by atoms with Crippen molar-refractivity contribution >= 4 is 29.9 Å². The summed E-state index contributed by atoms with van der Waals surface area (Å²) in [5.41, 5.74) is 5.01. The van der Waals surface area contributed by atoms with E-state index in [-0.39, 0.29) is 48.7 Å². The SMILES string of the molecule is COC(=O)NC(C(=O)N1CCCC1c1ncc(-c2ccc(C#Cc3ccc(-c4cnc(C5CN(C(C)=O)CCN5C(=O)C(NC(=O)OC)C(C)C)[nH]4)cc3)cc2)[nH]1)C(C)C. The Morgan fingerprint density at radius 2 is 1.13 bits per heavy atom. The molecule has 2 saturated heterocycles. The van der Waals surface area contributed by atoms with Gasteiger partial charge in [0.15, 0.2) is 0 Å². The molecule has 0 aliphatic carbocycles. The van der Waals surface area contributed by atoms with Crippen molar-refractivity contribution in [1.82, 2.24) is 45.3 Å². The molecule has 4 aromatic rings. The number of rotatable bonds is 10. The summed E-state index contributed by atoms with van der Waals surface area (Å²) in [4.78, 5) is 84.9. The molecule has 2 aromatic carbocycles. The van der Waals surface area contributed by atoms with Gasteiger partial charge in [0.25, 0.3) is 0 Å². The maximum atomic E-state index is 13.8. The molecule has 16 heteroatoms. The van der Waals surface area contributed by atoms with E-state index < -0.39 is 30.3 Å². The zero-order valence-electron chi connectivity index (χ0n) is 35.1. The number of carbonyl (C=O) groups is 5. The molecule has 4 N–H and O–H groups in total. The first-order chi connectivity index (χ1) is 28.8. The predicted octanol–water partition coefficient (Wildman–Crippen LogP) is 5.02. The summed E-state index contributed by atoms with van der Waals surface area (Å²) in [6.07, 6.45) is 3.75. The number of likely N-dealkylation sites (tertiary alicyclic amines) is 1. The Hall–Kier alpha value is -6.63. The zero-order chi connectivity index (χ0) is 43.1. The van der Waals surface area contributed by atoms with Crippen LogP contribution in [0.25, 0.3) is 22.5 Å². The molecule has 4 unspecified atom stereocenters. The average Bonchev–Trinajstić information content (AvgIpc) is 4.05. The molecule has 6 rings (SSSR count). The Morgan fingerprint density at radius 1 is 0.683 bits per heavy atom. The number of alkyl carbamates (subject to hydrolysis) is 2. The van der Waals surface area contributed by atoms with Crippen LogP contribution in [-0.2, 0) is 23.9 Å². The van der Waals surface area contributed by atoms with E-state index in [0.717, 1.165) is 46.5 Å². The van der Waals surface area contributed by atoms with E-state index in [1.165, 1.54) is 21.1 Å². The van der Waals surface area contributed by atoms with E-state index >= 15 is 0 Å². The van der Waals surface area contributed by atoms with Crippen molar-refractivity contribution in [3.63, 3.8) is 0 Å². The molecule has 0 spiro atoms. The van der Waals surface area contributed by atoms with E-state index in [4.69, 9.17) is 9.47 Å². The largest absolute Gasteiger partial charge is 0.453 e. The molecule has 0 bridgehead atoms. The summed E-state index contributed by atoms with van der Waals surface area (Å²) in [5.74, 6) is 6.84. The van der Waals surface area contributed by atoms with Crippen LogP contribution in [0.5, 0.6) is 0 Å². The van der Waals surface area contributed by atoms with Gasteiger partial charge in [-0.3, -0.25) is 14.4 Å². The van der Waals surface area contributed by atoms with E-state index in [2.05, 4.69) is 42.4 Å². The number of hydrogen-bond acceptors (Lipinski definition) is 9. The summed E-state index contributed by atoms with van der Waals surface area (Å²) in [6, 6.07) is 13.3. The average molecular weight is 820 g/mol. The van der Waals surface area contributed by atoms with Crippen molar-refractivity contribution in [1.29, 1.82) is 0 Å². The van der Waals surface area contributed by atoms with Crippen LogP contribution in [0, 0.1) is 23.7 Å². The van der Waals surface area contributed by atoms with Crippen molar-refractivity contribution in [3.05, 3.63) is 83.7 Å². The fourth-order valence-corrected chi connectivity index (χ4v) is 7.55. The van der Waals surface area contributed by atoms with Gasteiger partial charge in [0.2, 0.25) is 17.7 Å². The van der Waals surface area contributed by atoms with Gasteiger partial charge in [-0.25, -0.2) is 19.6 Å². The minimum Gasteiger partial charge on any atom is -0.453 e. The second-order valence-electron chi connectivity index (χ2n) is 15.7. The number of amides is 5. The number of ether oxygens (including phenoxy) is 2. The third-order valence-corrected chi connectivity index (χ3v) is 11.0. The van der Waals surface area contributed by atoms with E-state index in [1.807, 2.05) is 76.2 Å². The number of nitrogens with one attached hydrogen (secondary N) is 4. The van der Waals surface area contributed by atoms with Gasteiger partial charge in [-0.1, -0.05) is 63.8 Å². The number of aromatic amines is 2. The highest BCUT2D eigenvalue weighted by atomic mass is 16.5. The highest BCUT2D eigenvalue weighted by molar-refractivity contribution is 5.87. The van der Waals surface area contributed by atoms with Crippen LogP contribution in [0.15, 0.2) is 60.9 Å². The highest BCUT2D eigenvalue weighted by Crippen LogP contribution is 2.33. The lowest BCUT2D eigenvalue weighted by atomic mass is 10.0. The van der Waals surface area contributed by atoms with E-state index in [0.29, 0.717) is 24.7 Å². The molecule has 16 nitrogen and oxygen atoms in total. The maximum Gasteiger partial charge on any atom is 0.407 e. The summed E-state index contributed by atoms with van der Waals surface area (Å²) in [6.45, 7) is 10.5. The molecular weight excluding hydrogens is 767 g/mol. The fourth-order valence-electron chi connectivity index (χ4n) is 7.55. The van der Waals surface area contributed by atoms with Crippen LogP contribution in [0.3, 0.4) is 0 Å². The number of nitrogens with zero attached hydrogens (tertiary/aromatic N) is 5. The van der Waals surface area contributed by atoms with E-state index in [1.54, 1.807) is 27.1 Å². The van der Waals surface area contributed by atoms with Gasteiger partial charge in [0.1, 0.15) is 29.8 Å². The number of piperazine rings is 1. The van der Waals surface area contributed by atoms with Gasteiger partial charge >= 0.3 is 12.2 Å². The van der Waals surface area contributed by atoms with Gasteiger partial charge in [0, 0.05) is 44.2 Å². The number of aromatic nitrogens is 4. The number of methoxy groups -OCH3 is 2. The van der Waals surface area contributed by atoms with Gasteiger partial charge in [-0.2, -0.15) is 0 Å². The van der Waals surface area contributed by atoms with Gasteiger partial charge in [0.05, 0.1) is 44.0 Å². The van der Waals surface area contributed by atoms with Crippen molar-refractivity contribution in [2.45, 2.75) is 71.6 Å². The summed E-state index contributed by atoms with van der Waals surface area (Å²) in [5, 5.41) is 5.34. The Bertz CT molecular complexity index is 2240. The molecule has 0 saturated carbocycles. The molecule has 2 fully saturated rings. The summed E-state index contributed by atoms with van der Waals surface area (Å²) in [7, 11) is 2.53. The van der Waals surface area contributed by atoms with Crippen LogP contribution < -0.4 is 10.6 Å². The lowest BCUT2D eigenvalue weighted by molar-refractivity contribution is -0.144. The number of carbonyl (C=O) groups excluding carboxylic acids is 5. The molecule has 2 aromatic heterocycles. The Morgan fingerprint density at radius 3 is 1.57 bits per heavy atom. The van der Waals surface area contributed by atoms with Crippen molar-refractivity contribution in [2.75, 3.05) is 40.4 Å². The Kier molecular flexibility index (Phi) is 13.6. The van der Waals surface area contributed by atoms with Gasteiger partial charge < -0.3 is 44.8 Å². The molecule has 4 atom stereocenters. The normalized spacial score (nSPS) is 17.4. The molecule has 60 heavy (non-hydrogen) atoms. The van der Waals surface area contributed by atoms with E-state index in [9.17, 15) is 24.0 Å². The smallest absolute Gasteiger partial charge is 0.407 e. The predicted molar refractivity (Wildman–Crippen MR) is 223 cm³/mol. The van der Waals surface area contributed by atoms with Crippen LogP contribution in [-0.4, -0.2) is 117 Å². The maximum absolute atomic E-state index is 13.8. The first-order valence-corrected chi connectivity index (χ1v) is 20.2. The number of benzene rings is 2. The van der Waals surface area contributed by atoms with Gasteiger partial charge in [-0.05, 0) is 60.1 Å². The van der Waals surface area contributed by atoms with Crippen molar-refractivity contribution < 1.29 is 33.4 Å². The van der Waals surface area contributed by atoms with Crippen LogP contribution in [0.4, 0.5) is 9.59 Å². The molecular formula is C44H53N9O7. The van der Waals surface area contributed by atoms with Gasteiger partial charge in [-0.15, -0.1) is 0 Å². The van der Waals surface area contributed by atoms with Crippen molar-refractivity contribution in [2.24, 2.45) is 11.8 Å². The van der Waals surface area contributed by atoms with Crippen LogP contribution >= 0.6 is 0 Å². The molecule has 4 heterocycles. The second kappa shape index (κ2) is 19.0. The molecule has 316 valence electrons.